The van der Waals surface area contributed by atoms with E-state index in [2.05, 4.69) is 216 Å². The van der Waals surface area contributed by atoms with E-state index in [-0.39, 0.29) is 10.8 Å². The van der Waals surface area contributed by atoms with E-state index >= 15 is 0 Å². The lowest BCUT2D eigenvalue weighted by molar-refractivity contribution is 0.331. The minimum atomic E-state index is -0.464. The molecule has 0 N–H and O–H groups in total. The van der Waals surface area contributed by atoms with Crippen LogP contribution in [-0.2, 0) is 29.1 Å². The third-order valence-corrected chi connectivity index (χ3v) is 16.1. The number of anilines is 3. The summed E-state index contributed by atoms with van der Waals surface area (Å²) < 4.78 is 0. The summed E-state index contributed by atoms with van der Waals surface area (Å²) in [6.07, 6.45) is 7.16. The summed E-state index contributed by atoms with van der Waals surface area (Å²) in [6.45, 7) is 14.7. The number of nitrogens with zero attached hydrogens (tertiary/aromatic N) is 1. The van der Waals surface area contributed by atoms with Crippen LogP contribution in [0.25, 0.3) is 44.5 Å². The molecule has 0 atom stereocenters. The molecule has 8 aromatic carbocycles. The van der Waals surface area contributed by atoms with E-state index in [0.717, 1.165) is 12.8 Å². The summed E-state index contributed by atoms with van der Waals surface area (Å²) in [5.41, 5.74) is 26.7. The standard InChI is InChI=1S/C64H59N/c1-41(2)51-38-59-60(63(5,6)35-34-62(59,3)4)39-52(51)54-37-53-50-24-14-17-27-57(50)64(55-25-15-12-22-48(55)49-23-13-16-26-56(49)64)58(53)40-61(54)65(47-33-30-43-20-10-11-21-45(43)36-47)46-31-28-44(29-32-46)42-18-8-7-9-19-42/h7-9,12-19,22-33,36-41H,10-11,20-21,34-35H2,1-6H3. The fraction of sp³-hybridized carbons (Fsp3) is 0.250. The molecule has 8 aromatic rings. The van der Waals surface area contributed by atoms with Gasteiger partial charge in [0.1, 0.15) is 0 Å². The Hall–Kier alpha value is -6.44. The number of hydrogen-bond acceptors (Lipinski definition) is 1. The van der Waals surface area contributed by atoms with Gasteiger partial charge < -0.3 is 4.90 Å². The monoisotopic (exact) mass is 841 g/mol. The predicted octanol–water partition coefficient (Wildman–Crippen LogP) is 17.2. The van der Waals surface area contributed by atoms with Crippen LogP contribution in [0.3, 0.4) is 0 Å². The van der Waals surface area contributed by atoms with E-state index in [1.54, 1.807) is 0 Å². The van der Waals surface area contributed by atoms with Gasteiger partial charge in [0.25, 0.3) is 0 Å². The Morgan fingerprint density at radius 2 is 0.923 bits per heavy atom. The van der Waals surface area contributed by atoms with E-state index in [1.165, 1.54) is 137 Å². The Balaban J connectivity index is 1.21. The second kappa shape index (κ2) is 14.8. The molecule has 0 heterocycles. The molecule has 0 amide bonds. The van der Waals surface area contributed by atoms with E-state index in [4.69, 9.17) is 0 Å². The Morgan fingerprint density at radius 3 is 1.54 bits per heavy atom. The molecule has 65 heavy (non-hydrogen) atoms. The molecule has 320 valence electrons. The molecule has 0 unspecified atom stereocenters. The highest BCUT2D eigenvalue weighted by Gasteiger charge is 2.52. The molecular formula is C64H59N. The van der Waals surface area contributed by atoms with Crippen LogP contribution in [0.15, 0.2) is 170 Å². The van der Waals surface area contributed by atoms with E-state index in [1.807, 2.05) is 0 Å². The maximum Gasteiger partial charge on any atom is 0.0726 e. The van der Waals surface area contributed by atoms with E-state index in [0.29, 0.717) is 5.92 Å². The zero-order chi connectivity index (χ0) is 44.2. The summed E-state index contributed by atoms with van der Waals surface area (Å²) in [5.74, 6) is 0.326. The first-order valence-electron chi connectivity index (χ1n) is 24.3. The molecule has 0 fully saturated rings. The van der Waals surface area contributed by atoms with E-state index in [9.17, 15) is 0 Å². The molecule has 0 saturated heterocycles. The van der Waals surface area contributed by atoms with Crippen molar-refractivity contribution in [2.75, 3.05) is 4.90 Å². The maximum absolute atomic E-state index is 2.65. The Kier molecular flexibility index (Phi) is 9.13. The molecule has 4 aliphatic rings. The molecule has 1 heteroatoms. The van der Waals surface area contributed by atoms with Gasteiger partial charge in [-0.3, -0.25) is 0 Å². The van der Waals surface area contributed by atoms with Crippen molar-refractivity contribution < 1.29 is 0 Å². The summed E-state index contributed by atoms with van der Waals surface area (Å²) in [6, 6.07) is 65.9. The van der Waals surface area contributed by atoms with Crippen molar-refractivity contribution >= 4 is 17.1 Å². The average molecular weight is 842 g/mol. The molecule has 0 aliphatic heterocycles. The van der Waals surface area contributed by atoms with Crippen molar-refractivity contribution in [3.05, 3.63) is 220 Å². The zero-order valence-corrected chi connectivity index (χ0v) is 38.9. The van der Waals surface area contributed by atoms with Gasteiger partial charge >= 0.3 is 0 Å². The van der Waals surface area contributed by atoms with E-state index < -0.39 is 5.41 Å². The lowest BCUT2D eigenvalue weighted by Crippen LogP contribution is -2.34. The van der Waals surface area contributed by atoms with Gasteiger partial charge in [-0.2, -0.15) is 0 Å². The van der Waals surface area contributed by atoms with Gasteiger partial charge in [0.2, 0.25) is 0 Å². The van der Waals surface area contributed by atoms with Crippen LogP contribution >= 0.6 is 0 Å². The Bertz CT molecular complexity index is 3130. The molecule has 0 radical (unpaired) electrons. The van der Waals surface area contributed by atoms with Gasteiger partial charge in [-0.25, -0.2) is 0 Å². The highest BCUT2D eigenvalue weighted by Crippen LogP contribution is 2.64. The van der Waals surface area contributed by atoms with Gasteiger partial charge in [-0.05, 0) is 187 Å². The minimum Gasteiger partial charge on any atom is -0.310 e. The SMILES string of the molecule is CC(C)c1cc2c(cc1-c1cc3c(cc1N(c1ccc(-c4ccccc4)cc1)c1ccc4c(c1)CCCC4)C1(c4ccccc4-c4ccccc41)c1ccccc1-3)C(C)(C)CCC2(C)C. The maximum atomic E-state index is 2.65. The summed E-state index contributed by atoms with van der Waals surface area (Å²) in [5, 5.41) is 0. The molecule has 0 bridgehead atoms. The smallest absolute Gasteiger partial charge is 0.0726 e. The molecular weight excluding hydrogens is 783 g/mol. The molecule has 0 saturated carbocycles. The van der Waals surface area contributed by atoms with Crippen LogP contribution in [0.5, 0.6) is 0 Å². The van der Waals surface area contributed by atoms with Crippen LogP contribution in [0, 0.1) is 0 Å². The lowest BCUT2D eigenvalue weighted by atomic mass is 9.62. The minimum absolute atomic E-state index is 0.0609. The summed E-state index contributed by atoms with van der Waals surface area (Å²) >= 11 is 0. The second-order valence-corrected chi connectivity index (χ2v) is 21.1. The van der Waals surface area contributed by atoms with Gasteiger partial charge in [-0.15, -0.1) is 0 Å². The normalized spacial score (nSPS) is 16.6. The molecule has 12 rings (SSSR count). The molecule has 0 aromatic heterocycles. The highest BCUT2D eigenvalue weighted by molar-refractivity contribution is 6.00. The van der Waals surface area contributed by atoms with Crippen molar-refractivity contribution in [1.82, 2.24) is 0 Å². The highest BCUT2D eigenvalue weighted by atomic mass is 15.1. The quantitative estimate of drug-likeness (QED) is 0.161. The fourth-order valence-electron chi connectivity index (χ4n) is 12.6. The molecule has 1 spiro atoms. The van der Waals surface area contributed by atoms with Crippen LogP contribution in [-0.4, -0.2) is 0 Å². The van der Waals surface area contributed by atoms with Gasteiger partial charge in [0.15, 0.2) is 0 Å². The third kappa shape index (κ3) is 6.04. The largest absolute Gasteiger partial charge is 0.310 e. The Morgan fingerprint density at radius 1 is 0.400 bits per heavy atom. The third-order valence-electron chi connectivity index (χ3n) is 16.1. The van der Waals surface area contributed by atoms with Crippen molar-refractivity contribution in [2.24, 2.45) is 0 Å². The predicted molar refractivity (Wildman–Crippen MR) is 274 cm³/mol. The number of fused-ring (bicyclic) bond motifs is 12. The number of aryl methyl sites for hydroxylation is 2. The number of rotatable bonds is 6. The zero-order valence-electron chi connectivity index (χ0n) is 38.9. The van der Waals surface area contributed by atoms with Gasteiger partial charge in [0, 0.05) is 16.9 Å². The Labute approximate surface area is 386 Å². The molecule has 1 nitrogen and oxygen atoms in total. The van der Waals surface area contributed by atoms with Crippen LogP contribution in [0.1, 0.15) is 123 Å². The number of hydrogen-bond donors (Lipinski definition) is 0. The first-order valence-corrected chi connectivity index (χ1v) is 24.3. The summed E-state index contributed by atoms with van der Waals surface area (Å²) in [4.78, 5) is 2.63. The van der Waals surface area contributed by atoms with Crippen molar-refractivity contribution in [3.63, 3.8) is 0 Å². The lowest BCUT2D eigenvalue weighted by Gasteiger charge is -2.43. The van der Waals surface area contributed by atoms with Crippen molar-refractivity contribution in [2.45, 2.75) is 102 Å². The fourth-order valence-corrected chi connectivity index (χ4v) is 12.6. The van der Waals surface area contributed by atoms with Gasteiger partial charge in [0.05, 0.1) is 11.1 Å². The van der Waals surface area contributed by atoms with Gasteiger partial charge in [-0.1, -0.05) is 169 Å². The number of benzene rings is 8. The average Bonchev–Trinajstić information content (AvgIpc) is 3.80. The van der Waals surface area contributed by atoms with Crippen LogP contribution in [0.2, 0.25) is 0 Å². The first kappa shape index (κ1) is 40.1. The van der Waals surface area contributed by atoms with Crippen LogP contribution < -0.4 is 4.90 Å². The summed E-state index contributed by atoms with van der Waals surface area (Å²) in [7, 11) is 0. The van der Waals surface area contributed by atoms with Crippen molar-refractivity contribution in [3.8, 4) is 44.5 Å². The first-order chi connectivity index (χ1) is 31.5. The van der Waals surface area contributed by atoms with Crippen molar-refractivity contribution in [1.29, 1.82) is 0 Å². The second-order valence-electron chi connectivity index (χ2n) is 21.1. The molecule has 4 aliphatic carbocycles. The van der Waals surface area contributed by atoms with Crippen LogP contribution in [0.4, 0.5) is 17.1 Å². The topological polar surface area (TPSA) is 3.24 Å².